The highest BCUT2D eigenvalue weighted by atomic mass is 127. The molecular weight excluding hydrogens is 518 g/mol. The predicted octanol–water partition coefficient (Wildman–Crippen LogP) is 3.93. The van der Waals surface area contributed by atoms with Gasteiger partial charge < -0.3 is 20.4 Å². The molecule has 6 nitrogen and oxygen atoms in total. The fourth-order valence-corrected chi connectivity index (χ4v) is 3.77. The van der Waals surface area contributed by atoms with Crippen LogP contribution in [-0.4, -0.2) is 55.6 Å². The number of pyridine rings is 1. The van der Waals surface area contributed by atoms with E-state index in [1.165, 1.54) is 5.56 Å². The third kappa shape index (κ3) is 7.88. The number of benzene rings is 1. The lowest BCUT2D eigenvalue weighted by Crippen LogP contribution is -2.48. The molecule has 0 atom stereocenters. The van der Waals surface area contributed by atoms with Gasteiger partial charge in [0.2, 0.25) is 0 Å². The molecule has 0 unspecified atom stereocenters. The van der Waals surface area contributed by atoms with Gasteiger partial charge in [-0.05, 0) is 70.1 Å². The van der Waals surface area contributed by atoms with Crippen LogP contribution < -0.4 is 15.5 Å². The summed E-state index contributed by atoms with van der Waals surface area (Å²) in [5, 5.41) is 6.91. The molecule has 1 aliphatic heterocycles. The van der Waals surface area contributed by atoms with Gasteiger partial charge in [0.1, 0.15) is 11.6 Å². The quantitative estimate of drug-likeness (QED) is 0.309. The monoisotopic (exact) mass is 554 g/mol. The smallest absolute Gasteiger partial charge is 0.191 e. The molecule has 2 N–H and O–H groups in total. The zero-order valence-corrected chi connectivity index (χ0v) is 21.9. The molecule has 1 saturated heterocycles. The first-order valence-corrected chi connectivity index (χ1v) is 11.1. The van der Waals surface area contributed by atoms with Crippen LogP contribution in [0.3, 0.4) is 0 Å². The summed E-state index contributed by atoms with van der Waals surface area (Å²) < 4.78 is 14.0. The third-order valence-electron chi connectivity index (χ3n) is 5.42. The fraction of sp³-hybridized carbons (Fsp3) is 0.500. The first-order chi connectivity index (χ1) is 14.9. The fourth-order valence-electron chi connectivity index (χ4n) is 3.77. The summed E-state index contributed by atoms with van der Waals surface area (Å²) in [5.41, 5.74) is 2.89. The van der Waals surface area contributed by atoms with Crippen LogP contribution in [0.5, 0.6) is 0 Å². The van der Waals surface area contributed by atoms with Crippen molar-refractivity contribution < 1.29 is 4.39 Å². The van der Waals surface area contributed by atoms with Gasteiger partial charge in [0.05, 0.1) is 6.54 Å². The minimum Gasteiger partial charge on any atom is -0.357 e. The number of halogens is 2. The van der Waals surface area contributed by atoms with Crippen LogP contribution in [0.2, 0.25) is 0 Å². The molecule has 0 radical (unpaired) electrons. The number of nitrogens with one attached hydrogen (secondary N) is 2. The lowest BCUT2D eigenvalue weighted by molar-refractivity contribution is 0.392. The average Bonchev–Trinajstić information content (AvgIpc) is 2.75. The standard InChI is InChI=1S/C24H35FN6.HI/c1-5-26-24(28-16-19-7-8-22(25)20(14-19)17-30(3)4)29-21-10-12-31(13-11-21)23-9-6-18(2)15-27-23;/h6-9,14-15,21H,5,10-13,16-17H2,1-4H3,(H2,26,28,29);1H. The summed E-state index contributed by atoms with van der Waals surface area (Å²) in [5.74, 6) is 1.70. The van der Waals surface area contributed by atoms with Gasteiger partial charge in [-0.1, -0.05) is 12.1 Å². The van der Waals surface area contributed by atoms with Crippen LogP contribution in [0.15, 0.2) is 41.5 Å². The summed E-state index contributed by atoms with van der Waals surface area (Å²) >= 11 is 0. The first-order valence-electron chi connectivity index (χ1n) is 11.1. The summed E-state index contributed by atoms with van der Waals surface area (Å²) in [6, 6.07) is 9.85. The van der Waals surface area contributed by atoms with Gasteiger partial charge in [-0.25, -0.2) is 14.4 Å². The molecular formula is C24H36FIN6. The van der Waals surface area contributed by atoms with Crippen LogP contribution in [0.4, 0.5) is 10.2 Å². The Kier molecular flexibility index (Phi) is 10.6. The highest BCUT2D eigenvalue weighted by molar-refractivity contribution is 14.0. The van der Waals surface area contributed by atoms with Gasteiger partial charge in [0, 0.05) is 44.0 Å². The summed E-state index contributed by atoms with van der Waals surface area (Å²) in [7, 11) is 3.88. The van der Waals surface area contributed by atoms with Crippen molar-refractivity contribution in [1.82, 2.24) is 20.5 Å². The molecule has 32 heavy (non-hydrogen) atoms. The molecule has 0 saturated carbocycles. The Morgan fingerprint density at radius 1 is 1.22 bits per heavy atom. The van der Waals surface area contributed by atoms with E-state index in [1.807, 2.05) is 37.3 Å². The third-order valence-corrected chi connectivity index (χ3v) is 5.42. The molecule has 2 heterocycles. The number of hydrogen-bond acceptors (Lipinski definition) is 4. The normalized spacial score (nSPS) is 14.9. The lowest BCUT2D eigenvalue weighted by Gasteiger charge is -2.33. The minimum atomic E-state index is -0.165. The Hall–Kier alpha value is -1.94. The van der Waals surface area contributed by atoms with Crippen molar-refractivity contribution in [1.29, 1.82) is 0 Å². The van der Waals surface area contributed by atoms with E-state index in [2.05, 4.69) is 46.5 Å². The Labute approximate surface area is 208 Å². The van der Waals surface area contributed by atoms with Crippen LogP contribution in [0, 0.1) is 12.7 Å². The molecule has 2 aromatic rings. The number of anilines is 1. The largest absolute Gasteiger partial charge is 0.357 e. The maximum atomic E-state index is 14.0. The minimum absolute atomic E-state index is 0. The van der Waals surface area contributed by atoms with Gasteiger partial charge in [0.25, 0.3) is 0 Å². The summed E-state index contributed by atoms with van der Waals surface area (Å²) in [6.45, 7) is 7.96. The van der Waals surface area contributed by atoms with E-state index >= 15 is 0 Å². The molecule has 176 valence electrons. The van der Waals surface area contributed by atoms with E-state index in [4.69, 9.17) is 4.99 Å². The SMILES string of the molecule is CCNC(=NCc1ccc(F)c(CN(C)C)c1)NC1CCN(c2ccc(C)cn2)CC1.I. The van der Waals surface area contributed by atoms with Crippen molar-refractivity contribution in [3.8, 4) is 0 Å². The number of aliphatic imine (C=N–C) groups is 1. The van der Waals surface area contributed by atoms with Crippen molar-refractivity contribution >= 4 is 35.8 Å². The van der Waals surface area contributed by atoms with E-state index in [1.54, 1.807) is 6.07 Å². The van der Waals surface area contributed by atoms with Crippen LogP contribution >= 0.6 is 24.0 Å². The molecule has 0 amide bonds. The van der Waals surface area contributed by atoms with Crippen LogP contribution in [-0.2, 0) is 13.1 Å². The highest BCUT2D eigenvalue weighted by Gasteiger charge is 2.20. The number of aryl methyl sites for hydroxylation is 1. The second-order valence-electron chi connectivity index (χ2n) is 8.46. The molecule has 1 aromatic heterocycles. The van der Waals surface area contributed by atoms with Gasteiger partial charge in [-0.2, -0.15) is 0 Å². The number of guanidine groups is 1. The molecule has 8 heteroatoms. The Morgan fingerprint density at radius 2 is 1.97 bits per heavy atom. The lowest BCUT2D eigenvalue weighted by atomic mass is 10.1. The predicted molar refractivity (Wildman–Crippen MR) is 141 cm³/mol. The van der Waals surface area contributed by atoms with E-state index in [-0.39, 0.29) is 29.8 Å². The van der Waals surface area contributed by atoms with E-state index < -0.39 is 0 Å². The van der Waals surface area contributed by atoms with E-state index in [0.29, 0.717) is 24.7 Å². The van der Waals surface area contributed by atoms with E-state index in [9.17, 15) is 4.39 Å². The van der Waals surface area contributed by atoms with Crippen molar-refractivity contribution in [3.05, 3.63) is 59.0 Å². The Balaban J connectivity index is 0.00000363. The zero-order valence-electron chi connectivity index (χ0n) is 19.6. The zero-order chi connectivity index (χ0) is 22.2. The van der Waals surface area contributed by atoms with E-state index in [0.717, 1.165) is 49.8 Å². The van der Waals surface area contributed by atoms with Gasteiger partial charge >= 0.3 is 0 Å². The second-order valence-corrected chi connectivity index (χ2v) is 8.46. The first kappa shape index (κ1) is 26.3. The topological polar surface area (TPSA) is 55.8 Å². The number of piperidine rings is 1. The summed E-state index contributed by atoms with van der Waals surface area (Å²) in [6.07, 6.45) is 3.99. The highest BCUT2D eigenvalue weighted by Crippen LogP contribution is 2.18. The van der Waals surface area contributed by atoms with Crippen LogP contribution in [0.1, 0.15) is 36.5 Å². The molecule has 0 spiro atoms. The molecule has 1 fully saturated rings. The Morgan fingerprint density at radius 3 is 2.59 bits per heavy atom. The van der Waals surface area contributed by atoms with Crippen molar-refractivity contribution in [2.45, 2.75) is 45.8 Å². The number of hydrogen-bond donors (Lipinski definition) is 2. The number of nitrogens with zero attached hydrogens (tertiary/aromatic N) is 4. The van der Waals surface area contributed by atoms with Crippen molar-refractivity contribution in [2.75, 3.05) is 38.6 Å². The van der Waals surface area contributed by atoms with Crippen molar-refractivity contribution in [3.63, 3.8) is 0 Å². The molecule has 1 aliphatic rings. The summed E-state index contributed by atoms with van der Waals surface area (Å²) in [4.78, 5) is 13.6. The van der Waals surface area contributed by atoms with Crippen molar-refractivity contribution in [2.24, 2.45) is 4.99 Å². The average molecular weight is 554 g/mol. The van der Waals surface area contributed by atoms with Gasteiger partial charge in [-0.3, -0.25) is 0 Å². The van der Waals surface area contributed by atoms with Crippen LogP contribution in [0.25, 0.3) is 0 Å². The maximum Gasteiger partial charge on any atom is 0.191 e. The maximum absolute atomic E-state index is 14.0. The van der Waals surface area contributed by atoms with Gasteiger partial charge in [0.15, 0.2) is 5.96 Å². The molecule has 1 aromatic carbocycles. The van der Waals surface area contributed by atoms with Gasteiger partial charge in [-0.15, -0.1) is 24.0 Å². The number of aromatic nitrogens is 1. The Bertz CT molecular complexity index is 863. The number of rotatable bonds is 7. The molecule has 0 bridgehead atoms. The molecule has 0 aliphatic carbocycles. The molecule has 3 rings (SSSR count). The second kappa shape index (κ2) is 12.9.